The second-order valence-corrected chi connectivity index (χ2v) is 8.65. The minimum atomic E-state index is -4.66. The van der Waals surface area contributed by atoms with E-state index in [0.29, 0.717) is 12.2 Å². The molecule has 1 N–H and O–H groups in total. The first-order valence-corrected chi connectivity index (χ1v) is 10.5. The molecule has 0 saturated heterocycles. The van der Waals surface area contributed by atoms with E-state index in [-0.39, 0.29) is 46.2 Å². The van der Waals surface area contributed by atoms with Gasteiger partial charge in [-0.3, -0.25) is 4.79 Å². The molecule has 1 aromatic heterocycles. The van der Waals surface area contributed by atoms with Crippen molar-refractivity contribution in [3.63, 3.8) is 0 Å². The number of carboxylic acids is 1. The number of rotatable bonds is 5. The lowest BCUT2D eigenvalue weighted by Gasteiger charge is -2.15. The number of pyridine rings is 1. The first-order valence-electron chi connectivity index (χ1n) is 10.1. The second kappa shape index (κ2) is 7.73. The van der Waals surface area contributed by atoms with Crippen LogP contribution in [-0.4, -0.2) is 16.1 Å². The van der Waals surface area contributed by atoms with Gasteiger partial charge >= 0.3 is 12.1 Å². The van der Waals surface area contributed by atoms with Gasteiger partial charge in [-0.15, -0.1) is 0 Å². The molecule has 2 aliphatic rings. The van der Waals surface area contributed by atoms with Gasteiger partial charge in [0, 0.05) is 23.2 Å². The normalized spacial score (nSPS) is 20.8. The monoisotopic (exact) mass is 477 g/mol. The number of hydrogen-bond acceptors (Lipinski definition) is 3. The van der Waals surface area contributed by atoms with Crippen LogP contribution in [-0.2, 0) is 24.0 Å². The first kappa shape index (κ1) is 21.7. The van der Waals surface area contributed by atoms with E-state index in [9.17, 15) is 27.5 Å². The number of fused-ring (bicyclic) bond motifs is 3. The number of benzene rings is 2. The number of aromatic nitrogens is 1. The molecule has 2 aromatic carbocycles. The SMILES string of the molecule is O=C(O)[C@H]1[C@@H]2Cc3cc(OCc4cc(-c5cnc(Cl)cc5C(F)(F)F)ccc4F)ccc3[C@@H]21. The molecular formula is C24H16ClF4NO3. The fraction of sp³-hybridized carbons (Fsp3) is 0.250. The van der Waals surface area contributed by atoms with Crippen LogP contribution in [0.3, 0.4) is 0 Å². The van der Waals surface area contributed by atoms with E-state index in [4.69, 9.17) is 16.3 Å². The Bertz CT molecular complexity index is 1280. The average molecular weight is 478 g/mol. The summed E-state index contributed by atoms with van der Waals surface area (Å²) in [5, 5.41) is 8.93. The number of carbonyl (C=O) groups is 1. The van der Waals surface area contributed by atoms with Crippen molar-refractivity contribution in [3.8, 4) is 16.9 Å². The molecule has 0 spiro atoms. The highest BCUT2D eigenvalue weighted by Crippen LogP contribution is 2.61. The van der Waals surface area contributed by atoms with Crippen molar-refractivity contribution in [2.45, 2.75) is 25.1 Å². The lowest BCUT2D eigenvalue weighted by atomic mass is 9.99. The standard InChI is InChI=1S/C24H16ClF4NO3/c25-20-8-18(24(27,28)29)17(9-30-20)11-1-4-19(26)13(5-11)10-33-14-2-3-15-12(6-14)7-16-21(15)22(16)23(31)32/h1-6,8-9,16,21-22H,7,10H2,(H,31,32)/t16-,21+,22+/m1/s1. The predicted octanol–water partition coefficient (Wildman–Crippen LogP) is 6.11. The zero-order chi connectivity index (χ0) is 23.5. The average Bonchev–Trinajstić information content (AvgIpc) is 3.35. The van der Waals surface area contributed by atoms with E-state index < -0.39 is 23.5 Å². The van der Waals surface area contributed by atoms with Crippen LogP contribution in [0.4, 0.5) is 17.6 Å². The fourth-order valence-corrected chi connectivity index (χ4v) is 4.88. The number of ether oxygens (including phenoxy) is 1. The predicted molar refractivity (Wildman–Crippen MR) is 111 cm³/mol. The molecule has 4 nitrogen and oxygen atoms in total. The van der Waals surface area contributed by atoms with E-state index in [1.54, 1.807) is 6.07 Å². The Morgan fingerprint density at radius 1 is 1.18 bits per heavy atom. The summed E-state index contributed by atoms with van der Waals surface area (Å²) < 4.78 is 60.5. The van der Waals surface area contributed by atoms with Crippen molar-refractivity contribution < 1.29 is 32.2 Å². The fourth-order valence-electron chi connectivity index (χ4n) is 4.72. The molecule has 0 unspecified atom stereocenters. The number of aliphatic carboxylic acids is 1. The third-order valence-corrected chi connectivity index (χ3v) is 6.52. The maximum absolute atomic E-state index is 14.4. The van der Waals surface area contributed by atoms with Crippen LogP contribution < -0.4 is 4.74 Å². The molecule has 0 bridgehead atoms. The van der Waals surface area contributed by atoms with Gasteiger partial charge in [-0.05, 0) is 59.4 Å². The van der Waals surface area contributed by atoms with E-state index in [1.165, 1.54) is 12.1 Å². The van der Waals surface area contributed by atoms with E-state index >= 15 is 0 Å². The summed E-state index contributed by atoms with van der Waals surface area (Å²) in [4.78, 5) is 15.0. The van der Waals surface area contributed by atoms with E-state index in [2.05, 4.69) is 4.98 Å². The van der Waals surface area contributed by atoms with Crippen molar-refractivity contribution in [2.75, 3.05) is 0 Å². The lowest BCUT2D eigenvalue weighted by molar-refractivity contribution is -0.139. The number of halogens is 5. The smallest absolute Gasteiger partial charge is 0.417 e. The van der Waals surface area contributed by atoms with Crippen LogP contribution >= 0.6 is 11.6 Å². The topological polar surface area (TPSA) is 59.4 Å². The Morgan fingerprint density at radius 2 is 1.97 bits per heavy atom. The van der Waals surface area contributed by atoms with E-state index in [1.807, 2.05) is 12.1 Å². The molecule has 2 aliphatic carbocycles. The van der Waals surface area contributed by atoms with Crippen molar-refractivity contribution in [1.82, 2.24) is 4.98 Å². The minimum absolute atomic E-state index is 0.0384. The second-order valence-electron chi connectivity index (χ2n) is 8.26. The highest BCUT2D eigenvalue weighted by molar-refractivity contribution is 6.29. The van der Waals surface area contributed by atoms with Gasteiger partial charge in [0.05, 0.1) is 11.5 Å². The third kappa shape index (κ3) is 3.93. The molecule has 1 heterocycles. The Morgan fingerprint density at radius 3 is 2.70 bits per heavy atom. The summed E-state index contributed by atoms with van der Waals surface area (Å²) >= 11 is 5.64. The van der Waals surface area contributed by atoms with Crippen LogP contribution in [0, 0.1) is 17.7 Å². The maximum Gasteiger partial charge on any atom is 0.417 e. The lowest BCUT2D eigenvalue weighted by Crippen LogP contribution is -2.08. The zero-order valence-corrected chi connectivity index (χ0v) is 17.6. The van der Waals surface area contributed by atoms with Crippen molar-refractivity contribution in [3.05, 3.63) is 81.9 Å². The minimum Gasteiger partial charge on any atom is -0.489 e. The summed E-state index contributed by atoms with van der Waals surface area (Å²) in [6.07, 6.45) is -2.99. The zero-order valence-electron chi connectivity index (χ0n) is 16.9. The van der Waals surface area contributed by atoms with Crippen molar-refractivity contribution in [1.29, 1.82) is 0 Å². The molecule has 0 radical (unpaired) electrons. The quantitative estimate of drug-likeness (QED) is 0.356. The van der Waals surface area contributed by atoms with Crippen molar-refractivity contribution in [2.24, 2.45) is 11.8 Å². The van der Waals surface area contributed by atoms with Crippen LogP contribution in [0.1, 0.15) is 28.2 Å². The molecule has 170 valence electrons. The van der Waals surface area contributed by atoms with Gasteiger partial charge in [0.1, 0.15) is 23.3 Å². The van der Waals surface area contributed by atoms with Crippen molar-refractivity contribution >= 4 is 17.6 Å². The number of hydrogen-bond donors (Lipinski definition) is 1. The largest absolute Gasteiger partial charge is 0.489 e. The third-order valence-electron chi connectivity index (χ3n) is 6.31. The van der Waals surface area contributed by atoms with Gasteiger partial charge in [0.15, 0.2) is 0 Å². The summed E-state index contributed by atoms with van der Waals surface area (Å²) in [7, 11) is 0. The van der Waals surface area contributed by atoms with Crippen LogP contribution in [0.2, 0.25) is 5.15 Å². The van der Waals surface area contributed by atoms with Gasteiger partial charge in [0.25, 0.3) is 0 Å². The van der Waals surface area contributed by atoms with Crippen LogP contribution in [0.15, 0.2) is 48.7 Å². The number of nitrogens with zero attached hydrogens (tertiary/aromatic N) is 1. The van der Waals surface area contributed by atoms with Crippen LogP contribution in [0.5, 0.6) is 5.75 Å². The summed E-state index contributed by atoms with van der Waals surface area (Å²) in [6, 6.07) is 9.72. The van der Waals surface area contributed by atoms with Gasteiger partial charge in [-0.25, -0.2) is 9.37 Å². The molecule has 0 aliphatic heterocycles. The Balaban J connectivity index is 1.37. The van der Waals surface area contributed by atoms with E-state index in [0.717, 1.165) is 29.5 Å². The molecule has 9 heteroatoms. The number of alkyl halides is 3. The molecule has 1 saturated carbocycles. The van der Waals surface area contributed by atoms with Gasteiger partial charge in [0.2, 0.25) is 0 Å². The summed E-state index contributed by atoms with van der Waals surface area (Å²) in [6.45, 7) is -0.189. The Kier molecular flexibility index (Phi) is 5.08. The number of carboxylic acid groups (broad SMARTS) is 1. The van der Waals surface area contributed by atoms with Gasteiger partial charge < -0.3 is 9.84 Å². The molecule has 0 amide bonds. The van der Waals surface area contributed by atoms with Crippen LogP contribution in [0.25, 0.3) is 11.1 Å². The van der Waals surface area contributed by atoms with Gasteiger partial charge in [-0.1, -0.05) is 23.7 Å². The molecular weight excluding hydrogens is 462 g/mol. The first-order chi connectivity index (χ1) is 15.6. The Labute approximate surface area is 190 Å². The molecule has 3 aromatic rings. The van der Waals surface area contributed by atoms with Gasteiger partial charge in [-0.2, -0.15) is 13.2 Å². The molecule has 5 rings (SSSR count). The Hall–Kier alpha value is -3.13. The highest BCUT2D eigenvalue weighted by Gasteiger charge is 2.59. The highest BCUT2D eigenvalue weighted by atomic mass is 35.5. The molecule has 3 atom stereocenters. The molecule has 1 fully saturated rings. The maximum atomic E-state index is 14.4. The molecule has 33 heavy (non-hydrogen) atoms. The summed E-state index contributed by atoms with van der Waals surface area (Å²) in [5.41, 5.74) is 1.07. The summed E-state index contributed by atoms with van der Waals surface area (Å²) in [5.74, 6) is -1.09.